The predicted octanol–water partition coefficient (Wildman–Crippen LogP) is 3.78. The molecule has 1 aliphatic rings. The average Bonchev–Trinajstić information content (AvgIpc) is 2.69. The molecule has 0 atom stereocenters. The molecule has 0 saturated carbocycles. The van der Waals surface area contributed by atoms with Crippen LogP contribution in [0.4, 0.5) is 10.1 Å². The Morgan fingerprint density at radius 1 is 1.11 bits per heavy atom. The molecule has 2 aromatic rings. The second kappa shape index (κ2) is 5.29. The molecule has 1 aromatic heterocycles. The molecular formula is C15H16FNOS. The molecule has 0 bridgehead atoms. The number of benzene rings is 1. The SMILES string of the molecule is O=c1c(N2CCCCCC2)csc2ccc(F)cc12. The minimum Gasteiger partial charge on any atom is -0.368 e. The Labute approximate surface area is 115 Å². The van der Waals surface area contributed by atoms with E-state index in [1.165, 1.54) is 36.3 Å². The molecule has 3 rings (SSSR count). The van der Waals surface area contributed by atoms with Crippen molar-refractivity contribution in [2.75, 3.05) is 18.0 Å². The molecule has 0 spiro atoms. The number of fused-ring (bicyclic) bond motifs is 1. The van der Waals surface area contributed by atoms with Gasteiger partial charge in [0.15, 0.2) is 0 Å². The van der Waals surface area contributed by atoms with Gasteiger partial charge in [0, 0.05) is 28.6 Å². The number of nitrogens with zero attached hydrogens (tertiary/aromatic N) is 1. The molecular weight excluding hydrogens is 261 g/mol. The monoisotopic (exact) mass is 277 g/mol. The molecule has 100 valence electrons. The summed E-state index contributed by atoms with van der Waals surface area (Å²) in [6, 6.07) is 4.45. The smallest absolute Gasteiger partial charge is 0.211 e. The lowest BCUT2D eigenvalue weighted by atomic mass is 10.2. The van der Waals surface area contributed by atoms with Gasteiger partial charge < -0.3 is 4.90 Å². The van der Waals surface area contributed by atoms with E-state index in [0.29, 0.717) is 5.39 Å². The summed E-state index contributed by atoms with van der Waals surface area (Å²) in [6.07, 6.45) is 4.73. The Hall–Kier alpha value is -1.42. The molecule has 1 aromatic carbocycles. The third-order valence-corrected chi connectivity index (χ3v) is 4.61. The van der Waals surface area contributed by atoms with Crippen LogP contribution in [0.15, 0.2) is 28.4 Å². The van der Waals surface area contributed by atoms with Crippen LogP contribution in [0.2, 0.25) is 0 Å². The number of halogens is 1. The van der Waals surface area contributed by atoms with Gasteiger partial charge in [-0.05, 0) is 31.0 Å². The fraction of sp³-hybridized carbons (Fsp3) is 0.400. The van der Waals surface area contributed by atoms with Gasteiger partial charge in [-0.2, -0.15) is 0 Å². The summed E-state index contributed by atoms with van der Waals surface area (Å²) in [4.78, 5) is 14.7. The van der Waals surface area contributed by atoms with Crippen LogP contribution >= 0.6 is 11.3 Å². The van der Waals surface area contributed by atoms with E-state index in [1.807, 2.05) is 5.38 Å². The van der Waals surface area contributed by atoms with Gasteiger partial charge in [0.1, 0.15) is 5.82 Å². The third kappa shape index (κ3) is 2.50. The third-order valence-electron chi connectivity index (χ3n) is 3.66. The standard InChI is InChI=1S/C15H16FNOS/c16-11-5-6-14-12(9-11)15(18)13(10-19-14)17-7-3-1-2-4-8-17/h5-6,9-10H,1-4,7-8H2. The van der Waals surface area contributed by atoms with Crippen LogP contribution < -0.4 is 10.3 Å². The first kappa shape index (κ1) is 12.6. The van der Waals surface area contributed by atoms with Gasteiger partial charge in [-0.15, -0.1) is 11.3 Å². The molecule has 0 unspecified atom stereocenters. The summed E-state index contributed by atoms with van der Waals surface area (Å²) in [7, 11) is 0. The van der Waals surface area contributed by atoms with E-state index >= 15 is 0 Å². The minimum atomic E-state index is -0.343. The summed E-state index contributed by atoms with van der Waals surface area (Å²) >= 11 is 1.52. The zero-order chi connectivity index (χ0) is 13.2. The molecule has 1 aliphatic heterocycles. The fourth-order valence-corrected chi connectivity index (χ4v) is 3.54. The maximum absolute atomic E-state index is 13.3. The average molecular weight is 277 g/mol. The predicted molar refractivity (Wildman–Crippen MR) is 78.7 cm³/mol. The largest absolute Gasteiger partial charge is 0.368 e. The van der Waals surface area contributed by atoms with Crippen molar-refractivity contribution in [1.29, 1.82) is 0 Å². The van der Waals surface area contributed by atoms with Crippen LogP contribution in [0.1, 0.15) is 25.7 Å². The van der Waals surface area contributed by atoms with Crippen molar-refractivity contribution in [3.05, 3.63) is 39.6 Å². The van der Waals surface area contributed by atoms with Crippen molar-refractivity contribution in [2.45, 2.75) is 25.7 Å². The van der Waals surface area contributed by atoms with E-state index in [4.69, 9.17) is 0 Å². The second-order valence-electron chi connectivity index (χ2n) is 4.99. The fourth-order valence-electron chi connectivity index (χ4n) is 2.62. The Balaban J connectivity index is 2.08. The highest BCUT2D eigenvalue weighted by Gasteiger charge is 2.15. The normalized spacial score (nSPS) is 16.6. The van der Waals surface area contributed by atoms with Crippen molar-refractivity contribution >= 4 is 27.1 Å². The first-order valence-electron chi connectivity index (χ1n) is 6.72. The van der Waals surface area contributed by atoms with Crippen LogP contribution in [-0.2, 0) is 0 Å². The minimum absolute atomic E-state index is 0.0323. The molecule has 2 heterocycles. The van der Waals surface area contributed by atoms with Crippen LogP contribution in [-0.4, -0.2) is 13.1 Å². The maximum Gasteiger partial charge on any atom is 0.211 e. The van der Waals surface area contributed by atoms with Gasteiger partial charge in [-0.1, -0.05) is 12.8 Å². The van der Waals surface area contributed by atoms with E-state index < -0.39 is 0 Å². The van der Waals surface area contributed by atoms with Crippen LogP contribution in [0.25, 0.3) is 10.1 Å². The van der Waals surface area contributed by atoms with Gasteiger partial charge in [0.2, 0.25) is 5.43 Å². The van der Waals surface area contributed by atoms with E-state index in [1.54, 1.807) is 6.07 Å². The van der Waals surface area contributed by atoms with Crippen molar-refractivity contribution in [1.82, 2.24) is 0 Å². The Morgan fingerprint density at radius 2 is 1.84 bits per heavy atom. The Bertz CT molecular complexity index is 644. The highest BCUT2D eigenvalue weighted by molar-refractivity contribution is 7.16. The van der Waals surface area contributed by atoms with Gasteiger partial charge >= 0.3 is 0 Å². The summed E-state index contributed by atoms with van der Waals surface area (Å²) in [5, 5.41) is 2.43. The maximum atomic E-state index is 13.3. The lowest BCUT2D eigenvalue weighted by Crippen LogP contribution is -2.28. The number of rotatable bonds is 1. The van der Waals surface area contributed by atoms with Crippen LogP contribution in [0, 0.1) is 5.82 Å². The molecule has 0 radical (unpaired) electrons. The highest BCUT2D eigenvalue weighted by atomic mass is 32.1. The molecule has 0 N–H and O–H groups in total. The van der Waals surface area contributed by atoms with E-state index in [2.05, 4.69) is 4.90 Å². The molecule has 0 aliphatic carbocycles. The Morgan fingerprint density at radius 3 is 2.58 bits per heavy atom. The van der Waals surface area contributed by atoms with Crippen LogP contribution in [0.5, 0.6) is 0 Å². The van der Waals surface area contributed by atoms with Gasteiger partial charge in [-0.3, -0.25) is 4.79 Å². The lowest BCUT2D eigenvalue weighted by Gasteiger charge is -2.21. The van der Waals surface area contributed by atoms with E-state index in [-0.39, 0.29) is 11.2 Å². The van der Waals surface area contributed by atoms with Gasteiger partial charge in [0.05, 0.1) is 5.69 Å². The van der Waals surface area contributed by atoms with Crippen molar-refractivity contribution in [2.24, 2.45) is 0 Å². The van der Waals surface area contributed by atoms with Gasteiger partial charge in [-0.25, -0.2) is 4.39 Å². The molecule has 1 fully saturated rings. The molecule has 4 heteroatoms. The first-order chi connectivity index (χ1) is 9.25. The van der Waals surface area contributed by atoms with Crippen molar-refractivity contribution < 1.29 is 4.39 Å². The second-order valence-corrected chi connectivity index (χ2v) is 5.90. The summed E-state index contributed by atoms with van der Waals surface area (Å²) in [5.41, 5.74) is 0.708. The Kier molecular flexibility index (Phi) is 3.51. The first-order valence-corrected chi connectivity index (χ1v) is 7.60. The number of anilines is 1. The number of hydrogen-bond donors (Lipinski definition) is 0. The summed E-state index contributed by atoms with van der Waals surface area (Å²) in [5.74, 6) is -0.343. The summed E-state index contributed by atoms with van der Waals surface area (Å²) < 4.78 is 14.2. The van der Waals surface area contributed by atoms with E-state index in [0.717, 1.165) is 36.3 Å². The topological polar surface area (TPSA) is 20.3 Å². The quantitative estimate of drug-likeness (QED) is 0.790. The van der Waals surface area contributed by atoms with Crippen molar-refractivity contribution in [3.63, 3.8) is 0 Å². The molecule has 1 saturated heterocycles. The zero-order valence-corrected chi connectivity index (χ0v) is 11.5. The summed E-state index contributed by atoms with van der Waals surface area (Å²) in [6.45, 7) is 1.87. The molecule has 19 heavy (non-hydrogen) atoms. The highest BCUT2D eigenvalue weighted by Crippen LogP contribution is 2.23. The van der Waals surface area contributed by atoms with Gasteiger partial charge in [0.25, 0.3) is 0 Å². The molecule has 0 amide bonds. The zero-order valence-electron chi connectivity index (χ0n) is 10.7. The van der Waals surface area contributed by atoms with Crippen LogP contribution in [0.3, 0.4) is 0 Å². The molecule has 2 nitrogen and oxygen atoms in total. The van der Waals surface area contributed by atoms with E-state index in [9.17, 15) is 9.18 Å². The van der Waals surface area contributed by atoms with Crippen molar-refractivity contribution in [3.8, 4) is 0 Å². The lowest BCUT2D eigenvalue weighted by molar-refractivity contribution is 0.629. The number of hydrogen-bond acceptors (Lipinski definition) is 3.